The Hall–Kier alpha value is -2.35. The van der Waals surface area contributed by atoms with Crippen molar-refractivity contribution < 1.29 is 13.9 Å². The van der Waals surface area contributed by atoms with Gasteiger partial charge in [-0.2, -0.15) is 5.10 Å². The third kappa shape index (κ3) is 4.24. The van der Waals surface area contributed by atoms with Gasteiger partial charge in [0.05, 0.1) is 24.4 Å². The Labute approximate surface area is 194 Å². The van der Waals surface area contributed by atoms with Crippen LogP contribution in [-0.4, -0.2) is 22.9 Å². The first-order chi connectivity index (χ1) is 14.5. The van der Waals surface area contributed by atoms with Crippen molar-refractivity contribution in [3.8, 4) is 22.5 Å². The molecule has 152 valence electrons. The third-order valence-electron chi connectivity index (χ3n) is 4.44. The summed E-state index contributed by atoms with van der Waals surface area (Å²) in [6.07, 6.45) is 0. The molecule has 0 aliphatic heterocycles. The van der Waals surface area contributed by atoms with Gasteiger partial charge >= 0.3 is 5.97 Å². The molecular formula is C22H15Br2ClN2O3. The molecule has 0 saturated heterocycles. The van der Waals surface area contributed by atoms with E-state index >= 15 is 0 Å². The molecule has 0 atom stereocenters. The molecule has 0 spiro atoms. The lowest BCUT2D eigenvalue weighted by atomic mass is 10.1. The van der Waals surface area contributed by atoms with Gasteiger partial charge in [0.25, 0.3) is 0 Å². The van der Waals surface area contributed by atoms with Gasteiger partial charge < -0.3 is 9.15 Å². The van der Waals surface area contributed by atoms with E-state index in [9.17, 15) is 4.79 Å². The van der Waals surface area contributed by atoms with Gasteiger partial charge in [-0.25, -0.2) is 4.79 Å². The molecule has 0 N–H and O–H groups in total. The molecule has 4 aromatic rings. The number of ether oxygens (including phenoxy) is 1. The Balaban J connectivity index is 1.83. The van der Waals surface area contributed by atoms with Crippen molar-refractivity contribution in [3.63, 3.8) is 0 Å². The summed E-state index contributed by atoms with van der Waals surface area (Å²) in [6.45, 7) is 0.298. The lowest BCUT2D eigenvalue weighted by Gasteiger charge is -2.07. The molecule has 2 heterocycles. The number of esters is 1. The lowest BCUT2D eigenvalue weighted by molar-refractivity contribution is 0.0563. The van der Waals surface area contributed by atoms with Crippen LogP contribution in [0.3, 0.4) is 0 Å². The van der Waals surface area contributed by atoms with Crippen molar-refractivity contribution in [2.24, 2.45) is 0 Å². The highest BCUT2D eigenvalue weighted by Crippen LogP contribution is 2.38. The number of methoxy groups -OCH3 is 1. The summed E-state index contributed by atoms with van der Waals surface area (Å²) in [5, 5.41) is 5.30. The molecule has 4 rings (SSSR count). The van der Waals surface area contributed by atoms with Crippen molar-refractivity contribution >= 4 is 49.4 Å². The smallest absolute Gasteiger partial charge is 0.373 e. The summed E-state index contributed by atoms with van der Waals surface area (Å²) in [5.74, 6) is 0.176. The van der Waals surface area contributed by atoms with Gasteiger partial charge in [0.2, 0.25) is 5.76 Å². The van der Waals surface area contributed by atoms with Gasteiger partial charge in [-0.15, -0.1) is 0 Å². The predicted molar refractivity (Wildman–Crippen MR) is 123 cm³/mol. The summed E-state index contributed by atoms with van der Waals surface area (Å²) >= 11 is 13.8. The number of hydrogen-bond donors (Lipinski definition) is 0. The second-order valence-corrected chi connectivity index (χ2v) is 8.66. The largest absolute Gasteiger partial charge is 0.463 e. The zero-order valence-corrected chi connectivity index (χ0v) is 19.7. The van der Waals surface area contributed by atoms with Gasteiger partial charge in [0.15, 0.2) is 0 Å². The molecule has 0 amide bonds. The number of rotatable bonds is 5. The molecule has 0 radical (unpaired) electrons. The zero-order chi connectivity index (χ0) is 21.3. The molecule has 0 unspecified atom stereocenters. The van der Waals surface area contributed by atoms with Crippen molar-refractivity contribution in [1.82, 2.24) is 9.78 Å². The number of furan rings is 1. The molecule has 0 aliphatic carbocycles. The average molecular weight is 551 g/mol. The van der Waals surface area contributed by atoms with Crippen molar-refractivity contribution in [2.75, 3.05) is 7.11 Å². The third-order valence-corrected chi connectivity index (χ3v) is 5.79. The Morgan fingerprint density at radius 2 is 1.73 bits per heavy atom. The van der Waals surface area contributed by atoms with Crippen LogP contribution in [0.1, 0.15) is 16.3 Å². The second kappa shape index (κ2) is 8.79. The van der Waals surface area contributed by atoms with Crippen molar-refractivity contribution in [1.29, 1.82) is 0 Å². The first-order valence-electron chi connectivity index (χ1n) is 8.91. The Kier molecular flexibility index (Phi) is 6.13. The van der Waals surface area contributed by atoms with Crippen LogP contribution in [0.15, 0.2) is 74.0 Å². The van der Waals surface area contributed by atoms with E-state index in [-0.39, 0.29) is 5.76 Å². The van der Waals surface area contributed by atoms with E-state index in [1.165, 1.54) is 7.11 Å². The van der Waals surface area contributed by atoms with Crippen LogP contribution in [0, 0.1) is 0 Å². The molecular weight excluding hydrogens is 536 g/mol. The molecule has 2 aromatic carbocycles. The highest BCUT2D eigenvalue weighted by Gasteiger charge is 2.21. The van der Waals surface area contributed by atoms with Gasteiger partial charge in [-0.05, 0) is 36.4 Å². The van der Waals surface area contributed by atoms with Crippen molar-refractivity contribution in [2.45, 2.75) is 6.54 Å². The van der Waals surface area contributed by atoms with Crippen LogP contribution in [0.5, 0.6) is 0 Å². The van der Waals surface area contributed by atoms with E-state index in [4.69, 9.17) is 25.9 Å². The molecule has 0 aliphatic rings. The van der Waals surface area contributed by atoms with Gasteiger partial charge in [0, 0.05) is 20.1 Å². The van der Waals surface area contributed by atoms with E-state index in [1.807, 2.05) is 48.5 Å². The van der Waals surface area contributed by atoms with Crippen molar-refractivity contribution in [3.05, 3.63) is 86.2 Å². The number of carbonyl (C=O) groups excluding carboxylic acids is 1. The first kappa shape index (κ1) is 20.9. The number of carbonyl (C=O) groups is 1. The maximum Gasteiger partial charge on any atom is 0.373 e. The minimum atomic E-state index is -0.526. The van der Waals surface area contributed by atoms with E-state index in [0.29, 0.717) is 23.0 Å². The van der Waals surface area contributed by atoms with Gasteiger partial charge in [0.1, 0.15) is 11.5 Å². The molecule has 5 nitrogen and oxygen atoms in total. The van der Waals surface area contributed by atoms with Crippen LogP contribution in [0.2, 0.25) is 5.02 Å². The number of hydrogen-bond acceptors (Lipinski definition) is 4. The molecule has 0 bridgehead atoms. The maximum absolute atomic E-state index is 11.7. The SMILES string of the molecule is COC(=O)c1ccc(Cn2nc(-c3cccc(Br)c3)c(Cl)c2-c2cccc(Br)c2)o1. The Bertz CT molecular complexity index is 1230. The number of nitrogens with zero attached hydrogens (tertiary/aromatic N) is 2. The van der Waals surface area contributed by atoms with Gasteiger partial charge in [-0.1, -0.05) is 67.7 Å². The topological polar surface area (TPSA) is 57.3 Å². The van der Waals surface area contributed by atoms with E-state index in [2.05, 4.69) is 31.9 Å². The number of benzene rings is 2. The summed E-state index contributed by atoms with van der Waals surface area (Å²) < 4.78 is 14.0. The standard InChI is InChI=1S/C22H15Br2ClN2O3/c1-29-22(28)18-9-8-17(30-18)12-27-21(14-5-3-7-16(24)11-14)19(25)20(26-27)13-4-2-6-15(23)10-13/h2-11H,12H2,1H3. The second-order valence-electron chi connectivity index (χ2n) is 6.45. The summed E-state index contributed by atoms with van der Waals surface area (Å²) in [6, 6.07) is 18.9. The molecule has 0 saturated carbocycles. The van der Waals surface area contributed by atoms with E-state index in [0.717, 1.165) is 25.8 Å². The predicted octanol–water partition coefficient (Wildman–Crippen LogP) is 6.82. The molecule has 30 heavy (non-hydrogen) atoms. The minimum absolute atomic E-state index is 0.141. The highest BCUT2D eigenvalue weighted by atomic mass is 79.9. The van der Waals surface area contributed by atoms with Crippen LogP contribution >= 0.6 is 43.5 Å². The van der Waals surface area contributed by atoms with Crippen LogP contribution < -0.4 is 0 Å². The van der Waals surface area contributed by atoms with E-state index in [1.54, 1.807) is 16.8 Å². The van der Waals surface area contributed by atoms with Crippen LogP contribution in [0.4, 0.5) is 0 Å². The summed E-state index contributed by atoms with van der Waals surface area (Å²) in [5.41, 5.74) is 3.21. The minimum Gasteiger partial charge on any atom is -0.463 e. The first-order valence-corrected chi connectivity index (χ1v) is 10.9. The van der Waals surface area contributed by atoms with Gasteiger partial charge in [-0.3, -0.25) is 4.68 Å². The summed E-state index contributed by atoms with van der Waals surface area (Å²) in [7, 11) is 1.31. The fraction of sp³-hybridized carbons (Fsp3) is 0.0909. The zero-order valence-electron chi connectivity index (χ0n) is 15.7. The average Bonchev–Trinajstić information content (AvgIpc) is 3.32. The Morgan fingerprint density at radius 3 is 2.40 bits per heavy atom. The monoisotopic (exact) mass is 548 g/mol. The van der Waals surface area contributed by atoms with E-state index < -0.39 is 5.97 Å². The normalized spacial score (nSPS) is 10.9. The Morgan fingerprint density at radius 1 is 1.07 bits per heavy atom. The molecule has 2 aromatic heterocycles. The van der Waals surface area contributed by atoms with Crippen LogP contribution in [0.25, 0.3) is 22.5 Å². The number of halogens is 3. The highest BCUT2D eigenvalue weighted by molar-refractivity contribution is 9.10. The maximum atomic E-state index is 11.7. The lowest BCUT2D eigenvalue weighted by Crippen LogP contribution is -2.04. The molecule has 0 fully saturated rings. The number of aromatic nitrogens is 2. The molecule has 8 heteroatoms. The quantitative estimate of drug-likeness (QED) is 0.256. The summed E-state index contributed by atoms with van der Waals surface area (Å²) in [4.78, 5) is 11.7. The fourth-order valence-corrected chi connectivity index (χ4v) is 4.26. The van der Waals surface area contributed by atoms with Crippen LogP contribution in [-0.2, 0) is 11.3 Å². The fourth-order valence-electron chi connectivity index (χ4n) is 3.11.